The molecule has 2 saturated heterocycles. The molecule has 1 unspecified atom stereocenters. The van der Waals surface area contributed by atoms with Crippen molar-refractivity contribution in [2.24, 2.45) is 23.7 Å². The summed E-state index contributed by atoms with van der Waals surface area (Å²) in [5.74, 6) is 2.22. The Morgan fingerprint density at radius 1 is 1.19 bits per heavy atom. The summed E-state index contributed by atoms with van der Waals surface area (Å²) < 4.78 is 0. The molecule has 2 aliphatic heterocycles. The number of likely N-dealkylation sites (tertiary alicyclic amines) is 1. The highest BCUT2D eigenvalue weighted by Crippen LogP contribution is 2.29. The molecule has 2 aliphatic rings. The molecule has 0 spiro atoms. The fourth-order valence-electron chi connectivity index (χ4n) is 3.75. The predicted octanol–water partition coefficient (Wildman–Crippen LogP) is 2.18. The summed E-state index contributed by atoms with van der Waals surface area (Å²) in [7, 11) is 0. The van der Waals surface area contributed by atoms with E-state index < -0.39 is 0 Å². The van der Waals surface area contributed by atoms with E-state index in [1.165, 1.54) is 5.56 Å². The lowest BCUT2D eigenvalue weighted by Gasteiger charge is -2.27. The molecule has 0 radical (unpaired) electrons. The molecule has 3 rings (SSSR count). The standard InChI is InChI=1S/C18H26N2O/c1-13(2)17(8-14-6-4-3-5-7-14)18(21)20-11-15-9-19-10-16(15)12-20/h3-7,13,15-17,19H,8-12H2,1-2H3/t15-,16+,17?. The second kappa shape index (κ2) is 6.18. The summed E-state index contributed by atoms with van der Waals surface area (Å²) in [5, 5.41) is 3.44. The molecular formula is C18H26N2O. The maximum absolute atomic E-state index is 12.9. The average molecular weight is 286 g/mol. The highest BCUT2D eigenvalue weighted by atomic mass is 16.2. The number of amides is 1. The number of nitrogens with zero attached hydrogens (tertiary/aromatic N) is 1. The molecule has 114 valence electrons. The Labute approximate surface area is 127 Å². The first-order chi connectivity index (χ1) is 10.1. The van der Waals surface area contributed by atoms with E-state index in [0.29, 0.717) is 23.7 Å². The van der Waals surface area contributed by atoms with Crippen LogP contribution in [0.5, 0.6) is 0 Å². The first-order valence-corrected chi connectivity index (χ1v) is 8.18. The van der Waals surface area contributed by atoms with E-state index in [1.54, 1.807) is 0 Å². The highest BCUT2D eigenvalue weighted by Gasteiger charge is 2.40. The number of rotatable bonds is 4. The van der Waals surface area contributed by atoms with E-state index in [1.807, 2.05) is 6.07 Å². The summed E-state index contributed by atoms with van der Waals surface area (Å²) in [4.78, 5) is 15.1. The molecule has 2 heterocycles. The van der Waals surface area contributed by atoms with Gasteiger partial charge in [0.1, 0.15) is 0 Å². The van der Waals surface area contributed by atoms with Gasteiger partial charge in [0.15, 0.2) is 0 Å². The molecule has 3 atom stereocenters. The van der Waals surface area contributed by atoms with Gasteiger partial charge in [0, 0.05) is 32.1 Å². The van der Waals surface area contributed by atoms with Crippen LogP contribution in [-0.2, 0) is 11.2 Å². The van der Waals surface area contributed by atoms with Crippen molar-refractivity contribution in [2.45, 2.75) is 20.3 Å². The number of benzene rings is 1. The second-order valence-electron chi connectivity index (χ2n) is 6.96. The van der Waals surface area contributed by atoms with E-state index in [9.17, 15) is 4.79 Å². The molecule has 1 aromatic rings. The van der Waals surface area contributed by atoms with Crippen molar-refractivity contribution >= 4 is 5.91 Å². The zero-order valence-corrected chi connectivity index (χ0v) is 13.1. The number of carbonyl (C=O) groups is 1. The van der Waals surface area contributed by atoms with E-state index in [0.717, 1.165) is 32.6 Å². The summed E-state index contributed by atoms with van der Waals surface area (Å²) in [6.07, 6.45) is 0.863. The van der Waals surface area contributed by atoms with Crippen molar-refractivity contribution in [1.29, 1.82) is 0 Å². The first-order valence-electron chi connectivity index (χ1n) is 8.18. The van der Waals surface area contributed by atoms with Gasteiger partial charge < -0.3 is 10.2 Å². The molecule has 0 aromatic heterocycles. The summed E-state index contributed by atoms with van der Waals surface area (Å²) in [6, 6.07) is 10.4. The average Bonchev–Trinajstić information content (AvgIpc) is 3.06. The fraction of sp³-hybridized carbons (Fsp3) is 0.611. The SMILES string of the molecule is CC(C)C(Cc1ccccc1)C(=O)N1C[C@H]2CNC[C@H]2C1. The minimum atomic E-state index is 0.110. The Hall–Kier alpha value is -1.35. The van der Waals surface area contributed by atoms with Gasteiger partial charge in [-0.1, -0.05) is 44.2 Å². The molecule has 0 bridgehead atoms. The molecule has 3 nitrogen and oxygen atoms in total. The first kappa shape index (κ1) is 14.6. The van der Waals surface area contributed by atoms with Crippen LogP contribution in [0.4, 0.5) is 0 Å². The van der Waals surface area contributed by atoms with Crippen molar-refractivity contribution in [3.63, 3.8) is 0 Å². The largest absolute Gasteiger partial charge is 0.342 e. The minimum absolute atomic E-state index is 0.110. The lowest BCUT2D eigenvalue weighted by atomic mass is 9.88. The van der Waals surface area contributed by atoms with E-state index >= 15 is 0 Å². The smallest absolute Gasteiger partial charge is 0.226 e. The van der Waals surface area contributed by atoms with E-state index in [-0.39, 0.29) is 5.92 Å². The van der Waals surface area contributed by atoms with Crippen LogP contribution >= 0.6 is 0 Å². The summed E-state index contributed by atoms with van der Waals surface area (Å²) in [6.45, 7) is 8.41. The Morgan fingerprint density at radius 2 is 1.81 bits per heavy atom. The van der Waals surface area contributed by atoms with Gasteiger partial charge in [-0.2, -0.15) is 0 Å². The Morgan fingerprint density at radius 3 is 2.38 bits per heavy atom. The number of hydrogen-bond donors (Lipinski definition) is 1. The second-order valence-corrected chi connectivity index (χ2v) is 6.96. The third kappa shape index (κ3) is 3.13. The van der Waals surface area contributed by atoms with Crippen molar-refractivity contribution in [1.82, 2.24) is 10.2 Å². The highest BCUT2D eigenvalue weighted by molar-refractivity contribution is 5.79. The summed E-state index contributed by atoms with van der Waals surface area (Å²) in [5.41, 5.74) is 1.27. The predicted molar refractivity (Wildman–Crippen MR) is 84.9 cm³/mol. The maximum Gasteiger partial charge on any atom is 0.226 e. The molecule has 1 N–H and O–H groups in total. The van der Waals surface area contributed by atoms with Crippen LogP contribution in [0.25, 0.3) is 0 Å². The quantitative estimate of drug-likeness (QED) is 0.920. The van der Waals surface area contributed by atoms with Crippen molar-refractivity contribution in [2.75, 3.05) is 26.2 Å². The maximum atomic E-state index is 12.9. The van der Waals surface area contributed by atoms with Gasteiger partial charge in [-0.25, -0.2) is 0 Å². The van der Waals surface area contributed by atoms with Crippen LogP contribution in [-0.4, -0.2) is 37.0 Å². The Kier molecular flexibility index (Phi) is 4.29. The van der Waals surface area contributed by atoms with Crippen LogP contribution in [0.3, 0.4) is 0 Å². The zero-order valence-electron chi connectivity index (χ0n) is 13.1. The van der Waals surface area contributed by atoms with Crippen LogP contribution in [0.15, 0.2) is 30.3 Å². The number of fused-ring (bicyclic) bond motifs is 1. The van der Waals surface area contributed by atoms with Gasteiger partial charge in [0.25, 0.3) is 0 Å². The number of carbonyl (C=O) groups excluding carboxylic acids is 1. The van der Waals surface area contributed by atoms with Gasteiger partial charge in [-0.15, -0.1) is 0 Å². The molecule has 1 aromatic carbocycles. The topological polar surface area (TPSA) is 32.3 Å². The lowest BCUT2D eigenvalue weighted by Crippen LogP contribution is -2.39. The van der Waals surface area contributed by atoms with Gasteiger partial charge in [-0.05, 0) is 29.7 Å². The molecule has 3 heteroatoms. The van der Waals surface area contributed by atoms with Crippen molar-refractivity contribution in [3.8, 4) is 0 Å². The third-order valence-corrected chi connectivity index (χ3v) is 5.12. The Bertz CT molecular complexity index is 473. The molecule has 21 heavy (non-hydrogen) atoms. The molecule has 1 amide bonds. The normalized spacial score (nSPS) is 26.1. The van der Waals surface area contributed by atoms with Crippen LogP contribution in [0.2, 0.25) is 0 Å². The summed E-state index contributed by atoms with van der Waals surface area (Å²) >= 11 is 0. The van der Waals surface area contributed by atoms with Gasteiger partial charge >= 0.3 is 0 Å². The Balaban J connectivity index is 1.68. The number of hydrogen-bond acceptors (Lipinski definition) is 2. The van der Waals surface area contributed by atoms with Gasteiger partial charge in [-0.3, -0.25) is 4.79 Å². The minimum Gasteiger partial charge on any atom is -0.342 e. The monoisotopic (exact) mass is 286 g/mol. The van der Waals surface area contributed by atoms with Crippen LogP contribution in [0.1, 0.15) is 19.4 Å². The third-order valence-electron chi connectivity index (χ3n) is 5.12. The van der Waals surface area contributed by atoms with Gasteiger partial charge in [0.2, 0.25) is 5.91 Å². The number of nitrogens with one attached hydrogen (secondary N) is 1. The molecule has 2 fully saturated rings. The van der Waals surface area contributed by atoms with Crippen LogP contribution in [0, 0.1) is 23.7 Å². The fourth-order valence-corrected chi connectivity index (χ4v) is 3.75. The van der Waals surface area contributed by atoms with Gasteiger partial charge in [0.05, 0.1) is 0 Å². The molecule has 0 saturated carbocycles. The van der Waals surface area contributed by atoms with E-state index in [2.05, 4.69) is 48.3 Å². The molecular weight excluding hydrogens is 260 g/mol. The zero-order chi connectivity index (χ0) is 14.8. The van der Waals surface area contributed by atoms with Crippen LogP contribution < -0.4 is 5.32 Å². The van der Waals surface area contributed by atoms with Crippen molar-refractivity contribution < 1.29 is 4.79 Å². The van der Waals surface area contributed by atoms with Crippen molar-refractivity contribution in [3.05, 3.63) is 35.9 Å². The lowest BCUT2D eigenvalue weighted by molar-refractivity contribution is -0.136. The molecule has 0 aliphatic carbocycles. The van der Waals surface area contributed by atoms with E-state index in [4.69, 9.17) is 0 Å².